The normalized spacial score (nSPS) is 15.0. The smallest absolute Gasteiger partial charge is 0.341 e. The Morgan fingerprint density at radius 1 is 1.09 bits per heavy atom. The molecule has 1 heterocycles. The summed E-state index contributed by atoms with van der Waals surface area (Å²) in [5, 5.41) is 12.4. The molecule has 8 heteroatoms. The molecule has 2 N–H and O–H groups in total. The van der Waals surface area contributed by atoms with Crippen molar-refractivity contribution in [3.63, 3.8) is 0 Å². The monoisotopic (exact) mass is 468 g/mol. The van der Waals surface area contributed by atoms with Gasteiger partial charge < -0.3 is 20.1 Å². The van der Waals surface area contributed by atoms with Crippen molar-refractivity contribution in [2.75, 3.05) is 13.2 Å². The first kappa shape index (κ1) is 22.6. The van der Waals surface area contributed by atoms with Gasteiger partial charge in [-0.25, -0.2) is 14.0 Å². The van der Waals surface area contributed by atoms with Gasteiger partial charge in [-0.2, -0.15) is 0 Å². The molecule has 1 unspecified atom stereocenters. The molecule has 170 valence electrons. The van der Waals surface area contributed by atoms with E-state index < -0.39 is 18.6 Å². The minimum Gasteiger partial charge on any atom is -0.482 e. The van der Waals surface area contributed by atoms with Crippen LogP contribution in [0.5, 0.6) is 5.75 Å². The van der Waals surface area contributed by atoms with Crippen molar-refractivity contribution in [3.05, 3.63) is 99.8 Å². The standard InChI is InChI=1S/C25H22ClFN2O4/c26-18-7-10-22(33-15-23(30)31)21(13-18)24-20-4-2-1-3-17(20)11-12-29(24)25(32)28-14-16-5-8-19(27)9-6-16/h1-10,13,24H,11-12,14-15H2,(H,28,32)(H,30,31). The second-order valence-corrected chi connectivity index (χ2v) is 8.13. The van der Waals surface area contributed by atoms with Gasteiger partial charge in [0.15, 0.2) is 6.61 Å². The van der Waals surface area contributed by atoms with Crippen LogP contribution in [0.25, 0.3) is 0 Å². The number of ether oxygens (including phenoxy) is 1. The number of nitrogens with zero attached hydrogens (tertiary/aromatic N) is 1. The molecule has 0 saturated heterocycles. The van der Waals surface area contributed by atoms with E-state index in [0.29, 0.717) is 29.3 Å². The molecule has 0 radical (unpaired) electrons. The van der Waals surface area contributed by atoms with Gasteiger partial charge in [-0.1, -0.05) is 48.0 Å². The number of fused-ring (bicyclic) bond motifs is 1. The molecule has 0 fully saturated rings. The number of amides is 2. The fourth-order valence-electron chi connectivity index (χ4n) is 4.01. The Bertz CT molecular complexity index is 1170. The summed E-state index contributed by atoms with van der Waals surface area (Å²) in [5.41, 5.74) is 3.39. The molecule has 0 aromatic heterocycles. The Morgan fingerprint density at radius 3 is 2.61 bits per heavy atom. The van der Waals surface area contributed by atoms with Gasteiger partial charge in [0, 0.05) is 23.7 Å². The molecule has 1 aliphatic rings. The van der Waals surface area contributed by atoms with E-state index in [0.717, 1.165) is 16.7 Å². The lowest BCUT2D eigenvalue weighted by molar-refractivity contribution is -0.139. The van der Waals surface area contributed by atoms with Crippen LogP contribution in [0.2, 0.25) is 5.02 Å². The lowest BCUT2D eigenvalue weighted by atomic mass is 9.88. The number of carbonyl (C=O) groups is 2. The largest absolute Gasteiger partial charge is 0.482 e. The van der Waals surface area contributed by atoms with E-state index in [9.17, 15) is 14.0 Å². The van der Waals surface area contributed by atoms with E-state index in [1.54, 1.807) is 35.2 Å². The maximum absolute atomic E-state index is 13.3. The zero-order valence-corrected chi connectivity index (χ0v) is 18.4. The van der Waals surface area contributed by atoms with Gasteiger partial charge in [0.2, 0.25) is 0 Å². The van der Waals surface area contributed by atoms with E-state index in [4.69, 9.17) is 21.4 Å². The maximum Gasteiger partial charge on any atom is 0.341 e. The SMILES string of the molecule is O=C(O)COc1ccc(Cl)cc1C1c2ccccc2CCN1C(=O)NCc1ccc(F)cc1. The summed E-state index contributed by atoms with van der Waals surface area (Å²) in [6.45, 7) is 0.170. The zero-order valence-electron chi connectivity index (χ0n) is 17.6. The molecule has 0 aliphatic carbocycles. The molecule has 2 amide bonds. The fourth-order valence-corrected chi connectivity index (χ4v) is 4.19. The summed E-state index contributed by atoms with van der Waals surface area (Å²) < 4.78 is 18.7. The van der Waals surface area contributed by atoms with Crippen LogP contribution in [0.4, 0.5) is 9.18 Å². The van der Waals surface area contributed by atoms with Crippen molar-refractivity contribution in [1.82, 2.24) is 10.2 Å². The van der Waals surface area contributed by atoms with E-state index >= 15 is 0 Å². The van der Waals surface area contributed by atoms with Gasteiger partial charge in [-0.3, -0.25) is 0 Å². The van der Waals surface area contributed by atoms with Crippen LogP contribution in [0.15, 0.2) is 66.7 Å². The van der Waals surface area contributed by atoms with Crippen molar-refractivity contribution in [2.45, 2.75) is 19.0 Å². The van der Waals surface area contributed by atoms with E-state index in [1.807, 2.05) is 24.3 Å². The van der Waals surface area contributed by atoms with Gasteiger partial charge in [0.1, 0.15) is 11.6 Å². The Labute approximate surface area is 195 Å². The highest BCUT2D eigenvalue weighted by Gasteiger charge is 2.34. The third-order valence-corrected chi connectivity index (χ3v) is 5.75. The summed E-state index contributed by atoms with van der Waals surface area (Å²) >= 11 is 6.29. The highest BCUT2D eigenvalue weighted by atomic mass is 35.5. The molecule has 0 spiro atoms. The molecular weight excluding hydrogens is 447 g/mol. The molecule has 6 nitrogen and oxygen atoms in total. The lowest BCUT2D eigenvalue weighted by Gasteiger charge is -2.38. The van der Waals surface area contributed by atoms with Gasteiger partial charge >= 0.3 is 12.0 Å². The summed E-state index contributed by atoms with van der Waals surface area (Å²) in [7, 11) is 0. The Kier molecular flexibility index (Phi) is 6.79. The number of nitrogens with one attached hydrogen (secondary N) is 1. The molecule has 0 saturated carbocycles. The van der Waals surface area contributed by atoms with Gasteiger partial charge in [-0.15, -0.1) is 0 Å². The summed E-state index contributed by atoms with van der Waals surface area (Å²) in [6, 6.07) is 17.8. The van der Waals surface area contributed by atoms with Crippen molar-refractivity contribution >= 4 is 23.6 Å². The number of halogens is 2. The quantitative estimate of drug-likeness (QED) is 0.544. The first-order chi connectivity index (χ1) is 15.9. The molecule has 4 rings (SSSR count). The maximum atomic E-state index is 13.3. The molecule has 3 aromatic rings. The zero-order chi connectivity index (χ0) is 23.4. The van der Waals surface area contributed by atoms with Crippen LogP contribution < -0.4 is 10.1 Å². The highest BCUT2D eigenvalue weighted by Crippen LogP contribution is 2.40. The topological polar surface area (TPSA) is 78.9 Å². The van der Waals surface area contributed by atoms with Crippen molar-refractivity contribution in [1.29, 1.82) is 0 Å². The number of rotatable bonds is 6. The molecular formula is C25H22ClFN2O4. The number of carboxylic acid groups (broad SMARTS) is 1. The Morgan fingerprint density at radius 2 is 1.85 bits per heavy atom. The van der Waals surface area contributed by atoms with Crippen LogP contribution >= 0.6 is 11.6 Å². The Hall–Kier alpha value is -3.58. The van der Waals surface area contributed by atoms with Gasteiger partial charge in [-0.05, 0) is 53.4 Å². The second kappa shape index (κ2) is 9.92. The summed E-state index contributed by atoms with van der Waals surface area (Å²) in [4.78, 5) is 26.0. The first-order valence-electron chi connectivity index (χ1n) is 10.4. The molecule has 0 bridgehead atoms. The molecule has 33 heavy (non-hydrogen) atoms. The number of urea groups is 1. The minimum absolute atomic E-state index is 0.238. The average Bonchev–Trinajstić information content (AvgIpc) is 2.82. The van der Waals surface area contributed by atoms with Crippen molar-refractivity contribution < 1.29 is 23.8 Å². The third-order valence-electron chi connectivity index (χ3n) is 5.52. The molecule has 3 aromatic carbocycles. The van der Waals surface area contributed by atoms with Crippen LogP contribution in [0.1, 0.15) is 28.3 Å². The van der Waals surface area contributed by atoms with Crippen LogP contribution in [0, 0.1) is 5.82 Å². The summed E-state index contributed by atoms with van der Waals surface area (Å²) in [5.74, 6) is -1.10. The van der Waals surface area contributed by atoms with Crippen LogP contribution in [0.3, 0.4) is 0 Å². The summed E-state index contributed by atoms with van der Waals surface area (Å²) in [6.07, 6.45) is 0.669. The molecule has 1 atom stereocenters. The first-order valence-corrected chi connectivity index (χ1v) is 10.8. The fraction of sp³-hybridized carbons (Fsp3) is 0.200. The number of hydrogen-bond acceptors (Lipinski definition) is 3. The number of benzene rings is 3. The van der Waals surface area contributed by atoms with Crippen molar-refractivity contribution in [3.8, 4) is 5.75 Å². The predicted octanol–water partition coefficient (Wildman–Crippen LogP) is 4.80. The number of aliphatic carboxylic acids is 1. The predicted molar refractivity (Wildman–Crippen MR) is 122 cm³/mol. The second-order valence-electron chi connectivity index (χ2n) is 7.69. The highest BCUT2D eigenvalue weighted by molar-refractivity contribution is 6.30. The number of carbonyl (C=O) groups excluding carboxylic acids is 1. The van der Waals surface area contributed by atoms with E-state index in [-0.39, 0.29) is 18.4 Å². The molecule has 1 aliphatic heterocycles. The van der Waals surface area contributed by atoms with Gasteiger partial charge in [0.05, 0.1) is 6.04 Å². The minimum atomic E-state index is -1.10. The number of carboxylic acids is 1. The number of hydrogen-bond donors (Lipinski definition) is 2. The third kappa shape index (κ3) is 5.26. The van der Waals surface area contributed by atoms with Crippen LogP contribution in [-0.4, -0.2) is 35.2 Å². The van der Waals surface area contributed by atoms with Gasteiger partial charge in [0.25, 0.3) is 0 Å². The van der Waals surface area contributed by atoms with Crippen molar-refractivity contribution in [2.24, 2.45) is 0 Å². The lowest BCUT2D eigenvalue weighted by Crippen LogP contribution is -2.46. The van der Waals surface area contributed by atoms with Crippen LogP contribution in [-0.2, 0) is 17.8 Å². The Balaban J connectivity index is 1.67. The van der Waals surface area contributed by atoms with E-state index in [2.05, 4.69) is 5.32 Å². The van der Waals surface area contributed by atoms with E-state index in [1.165, 1.54) is 12.1 Å². The average molecular weight is 469 g/mol.